The standard InChI is InChI=1S/C16H16N2O2/c1-10-4-5-11(2)13(8-10)14-9-12(3)17-15(18-14)6-7-16(19)20/h4-9H,1-3H3,(H,19,20)/b7-6+. The highest BCUT2D eigenvalue weighted by Gasteiger charge is 2.06. The van der Waals surface area contributed by atoms with Crippen molar-refractivity contribution in [3.05, 3.63) is 53.0 Å². The summed E-state index contributed by atoms with van der Waals surface area (Å²) in [6.45, 7) is 5.93. The predicted octanol–water partition coefficient (Wildman–Crippen LogP) is 3.17. The van der Waals surface area contributed by atoms with Gasteiger partial charge in [-0.05, 0) is 44.5 Å². The number of rotatable bonds is 3. The summed E-state index contributed by atoms with van der Waals surface area (Å²) in [6.07, 6.45) is 2.45. The minimum atomic E-state index is -1.01. The Balaban J connectivity index is 2.52. The van der Waals surface area contributed by atoms with Crippen LogP contribution in [0.2, 0.25) is 0 Å². The molecule has 0 amide bonds. The van der Waals surface area contributed by atoms with Gasteiger partial charge in [-0.15, -0.1) is 0 Å². The maximum atomic E-state index is 10.6. The van der Waals surface area contributed by atoms with Crippen molar-refractivity contribution in [1.82, 2.24) is 9.97 Å². The summed E-state index contributed by atoms with van der Waals surface area (Å²) >= 11 is 0. The molecule has 0 saturated carbocycles. The minimum Gasteiger partial charge on any atom is -0.478 e. The summed E-state index contributed by atoms with van der Waals surface area (Å²) in [6, 6.07) is 8.08. The quantitative estimate of drug-likeness (QED) is 0.868. The molecule has 1 aromatic carbocycles. The normalized spacial score (nSPS) is 10.9. The first kappa shape index (κ1) is 13.9. The number of carboxylic acids is 1. The van der Waals surface area contributed by atoms with E-state index in [4.69, 9.17) is 5.11 Å². The largest absolute Gasteiger partial charge is 0.478 e. The van der Waals surface area contributed by atoms with Gasteiger partial charge in [0.25, 0.3) is 0 Å². The maximum Gasteiger partial charge on any atom is 0.328 e. The van der Waals surface area contributed by atoms with Crippen molar-refractivity contribution in [2.45, 2.75) is 20.8 Å². The minimum absolute atomic E-state index is 0.406. The van der Waals surface area contributed by atoms with Gasteiger partial charge in [0.15, 0.2) is 5.82 Å². The molecule has 20 heavy (non-hydrogen) atoms. The van der Waals surface area contributed by atoms with Crippen molar-refractivity contribution in [2.75, 3.05) is 0 Å². The zero-order valence-electron chi connectivity index (χ0n) is 11.7. The van der Waals surface area contributed by atoms with Gasteiger partial charge in [-0.25, -0.2) is 14.8 Å². The highest BCUT2D eigenvalue weighted by Crippen LogP contribution is 2.23. The van der Waals surface area contributed by atoms with E-state index < -0.39 is 5.97 Å². The number of hydrogen-bond acceptors (Lipinski definition) is 3. The SMILES string of the molecule is Cc1ccc(C)c(-c2cc(C)nc(/C=C/C(=O)O)n2)c1. The van der Waals surface area contributed by atoms with Crippen molar-refractivity contribution in [2.24, 2.45) is 0 Å². The van der Waals surface area contributed by atoms with Gasteiger partial charge in [0.05, 0.1) is 5.69 Å². The van der Waals surface area contributed by atoms with Gasteiger partial charge in [0.1, 0.15) is 0 Å². The predicted molar refractivity (Wildman–Crippen MR) is 78.3 cm³/mol. The number of nitrogens with zero attached hydrogens (tertiary/aromatic N) is 2. The van der Waals surface area contributed by atoms with E-state index in [0.717, 1.165) is 34.2 Å². The average molecular weight is 268 g/mol. The summed E-state index contributed by atoms with van der Waals surface area (Å²) in [5.74, 6) is -0.605. The van der Waals surface area contributed by atoms with Gasteiger partial charge in [0.2, 0.25) is 0 Å². The Morgan fingerprint density at radius 1 is 1.15 bits per heavy atom. The molecule has 2 rings (SSSR count). The second kappa shape index (κ2) is 5.65. The first-order valence-corrected chi connectivity index (χ1v) is 6.30. The fourth-order valence-corrected chi connectivity index (χ4v) is 1.96. The lowest BCUT2D eigenvalue weighted by Crippen LogP contribution is -1.97. The lowest BCUT2D eigenvalue weighted by molar-refractivity contribution is -0.131. The monoisotopic (exact) mass is 268 g/mol. The lowest BCUT2D eigenvalue weighted by atomic mass is 10.0. The van der Waals surface area contributed by atoms with Crippen LogP contribution in [0, 0.1) is 20.8 Å². The Bertz CT molecular complexity index is 691. The van der Waals surface area contributed by atoms with Crippen molar-refractivity contribution in [3.8, 4) is 11.3 Å². The Morgan fingerprint density at radius 2 is 1.90 bits per heavy atom. The topological polar surface area (TPSA) is 63.1 Å². The molecule has 0 radical (unpaired) electrons. The first-order valence-electron chi connectivity index (χ1n) is 6.30. The molecular formula is C16H16N2O2. The molecule has 0 aliphatic carbocycles. The van der Waals surface area contributed by atoms with E-state index in [1.807, 2.05) is 26.8 Å². The average Bonchev–Trinajstić information content (AvgIpc) is 2.38. The van der Waals surface area contributed by atoms with Gasteiger partial charge in [-0.2, -0.15) is 0 Å². The van der Waals surface area contributed by atoms with Crippen LogP contribution in [0.5, 0.6) is 0 Å². The first-order chi connectivity index (χ1) is 9.45. The van der Waals surface area contributed by atoms with Crippen LogP contribution in [-0.4, -0.2) is 21.0 Å². The number of hydrogen-bond donors (Lipinski definition) is 1. The molecule has 1 heterocycles. The van der Waals surface area contributed by atoms with Gasteiger partial charge in [-0.3, -0.25) is 0 Å². The van der Waals surface area contributed by atoms with Crippen molar-refractivity contribution < 1.29 is 9.90 Å². The number of carbonyl (C=O) groups is 1. The number of aryl methyl sites for hydroxylation is 3. The van der Waals surface area contributed by atoms with E-state index >= 15 is 0 Å². The van der Waals surface area contributed by atoms with E-state index in [-0.39, 0.29) is 0 Å². The Labute approximate surface area is 117 Å². The molecule has 0 atom stereocenters. The molecule has 0 aliphatic heterocycles. The van der Waals surface area contributed by atoms with Gasteiger partial charge < -0.3 is 5.11 Å². The molecule has 0 fully saturated rings. The lowest BCUT2D eigenvalue weighted by Gasteiger charge is -2.08. The Hall–Kier alpha value is -2.49. The summed E-state index contributed by atoms with van der Waals surface area (Å²) in [5, 5.41) is 8.67. The van der Waals surface area contributed by atoms with E-state index in [0.29, 0.717) is 5.82 Å². The third kappa shape index (κ3) is 3.29. The Morgan fingerprint density at radius 3 is 2.60 bits per heavy atom. The highest BCUT2D eigenvalue weighted by atomic mass is 16.4. The summed E-state index contributed by atoms with van der Waals surface area (Å²) < 4.78 is 0. The molecule has 1 aromatic heterocycles. The summed E-state index contributed by atoms with van der Waals surface area (Å²) in [5.41, 5.74) is 4.94. The van der Waals surface area contributed by atoms with Crippen LogP contribution in [0.1, 0.15) is 22.6 Å². The van der Waals surface area contributed by atoms with E-state index in [1.165, 1.54) is 6.08 Å². The number of aromatic nitrogens is 2. The summed E-state index contributed by atoms with van der Waals surface area (Å²) in [4.78, 5) is 19.2. The molecular weight excluding hydrogens is 252 g/mol. The number of benzene rings is 1. The molecule has 0 bridgehead atoms. The smallest absolute Gasteiger partial charge is 0.328 e. The zero-order valence-corrected chi connectivity index (χ0v) is 11.7. The molecule has 0 aliphatic rings. The van der Waals surface area contributed by atoms with E-state index in [9.17, 15) is 4.79 Å². The highest BCUT2D eigenvalue weighted by molar-refractivity contribution is 5.84. The van der Waals surface area contributed by atoms with Gasteiger partial charge >= 0.3 is 5.97 Å². The molecule has 1 N–H and O–H groups in total. The third-order valence-electron chi connectivity index (χ3n) is 2.92. The fourth-order valence-electron chi connectivity index (χ4n) is 1.96. The third-order valence-corrected chi connectivity index (χ3v) is 2.92. The van der Waals surface area contributed by atoms with E-state index in [1.54, 1.807) is 0 Å². The molecule has 2 aromatic rings. The molecule has 102 valence electrons. The Kier molecular flexibility index (Phi) is 3.94. The van der Waals surface area contributed by atoms with Crippen LogP contribution >= 0.6 is 0 Å². The molecule has 0 saturated heterocycles. The van der Waals surface area contributed by atoms with Crippen LogP contribution in [0.25, 0.3) is 17.3 Å². The van der Waals surface area contributed by atoms with Crippen LogP contribution in [0.15, 0.2) is 30.3 Å². The molecule has 0 unspecified atom stereocenters. The summed E-state index contributed by atoms with van der Waals surface area (Å²) in [7, 11) is 0. The van der Waals surface area contributed by atoms with Crippen LogP contribution in [-0.2, 0) is 4.79 Å². The van der Waals surface area contributed by atoms with Gasteiger partial charge in [0, 0.05) is 17.3 Å². The molecule has 0 spiro atoms. The maximum absolute atomic E-state index is 10.6. The van der Waals surface area contributed by atoms with Crippen LogP contribution in [0.3, 0.4) is 0 Å². The molecule has 4 nitrogen and oxygen atoms in total. The zero-order chi connectivity index (χ0) is 14.7. The van der Waals surface area contributed by atoms with Crippen molar-refractivity contribution in [3.63, 3.8) is 0 Å². The number of carboxylic acid groups (broad SMARTS) is 1. The van der Waals surface area contributed by atoms with Crippen LogP contribution < -0.4 is 0 Å². The van der Waals surface area contributed by atoms with Gasteiger partial charge in [-0.1, -0.05) is 17.7 Å². The number of aliphatic carboxylic acids is 1. The molecule has 4 heteroatoms. The van der Waals surface area contributed by atoms with E-state index in [2.05, 4.69) is 28.2 Å². The fraction of sp³-hybridized carbons (Fsp3) is 0.188. The van der Waals surface area contributed by atoms with Crippen molar-refractivity contribution in [1.29, 1.82) is 0 Å². The van der Waals surface area contributed by atoms with Crippen LogP contribution in [0.4, 0.5) is 0 Å². The van der Waals surface area contributed by atoms with Crippen molar-refractivity contribution >= 4 is 12.0 Å². The second-order valence-corrected chi connectivity index (χ2v) is 4.74. The second-order valence-electron chi connectivity index (χ2n) is 4.74.